The SMILES string of the molecule is C=C(C)C(=O)N[N+](CC)(CCCCCC)NC(=O)C(C)=CN. The molecule has 0 rings (SSSR count). The third kappa shape index (κ3) is 6.76. The van der Waals surface area contributed by atoms with Crippen molar-refractivity contribution in [3.63, 3.8) is 0 Å². The maximum absolute atomic E-state index is 12.1. The van der Waals surface area contributed by atoms with Crippen LogP contribution in [0.2, 0.25) is 0 Å². The third-order valence-corrected chi connectivity index (χ3v) is 3.56. The van der Waals surface area contributed by atoms with E-state index in [0.29, 0.717) is 24.2 Å². The second-order valence-corrected chi connectivity index (χ2v) is 5.58. The zero-order valence-corrected chi connectivity index (χ0v) is 14.4. The molecule has 0 aliphatic carbocycles. The Hall–Kier alpha value is -1.82. The summed E-state index contributed by atoms with van der Waals surface area (Å²) in [4.78, 5) is 24.2. The Kier molecular flexibility index (Phi) is 9.17. The number of nitrogens with one attached hydrogen (secondary N) is 2. The standard InChI is InChI=1S/C16H30N4O2/c1-6-8-9-10-11-20(7-2,18-15(21)13(3)4)19-16(22)14(5)12-17/h12H,3,6-11H2,1-2,4-5H3,(H3-,17,18,19,21,22)/p+1. The molecule has 0 fully saturated rings. The molecule has 0 saturated heterocycles. The quantitative estimate of drug-likeness (QED) is 0.249. The predicted octanol–water partition coefficient (Wildman–Crippen LogP) is 1.90. The molecule has 0 aromatic rings. The van der Waals surface area contributed by atoms with E-state index in [2.05, 4.69) is 24.4 Å². The van der Waals surface area contributed by atoms with Crippen molar-refractivity contribution < 1.29 is 14.3 Å². The topological polar surface area (TPSA) is 84.2 Å². The van der Waals surface area contributed by atoms with Gasteiger partial charge in [-0.25, -0.2) is 0 Å². The number of hydrogen-bond donors (Lipinski definition) is 3. The van der Waals surface area contributed by atoms with Crippen molar-refractivity contribution >= 4 is 11.8 Å². The third-order valence-electron chi connectivity index (χ3n) is 3.56. The van der Waals surface area contributed by atoms with Crippen LogP contribution in [0.15, 0.2) is 23.9 Å². The average Bonchev–Trinajstić information content (AvgIpc) is 2.50. The summed E-state index contributed by atoms with van der Waals surface area (Å²) < 4.78 is -0.000574. The largest absolute Gasteiger partial charge is 0.404 e. The molecule has 22 heavy (non-hydrogen) atoms. The summed E-state index contributed by atoms with van der Waals surface area (Å²) in [5, 5.41) is 0. The first kappa shape index (κ1) is 20.2. The number of unbranched alkanes of at least 4 members (excludes halogenated alkanes) is 3. The number of rotatable bonds is 10. The molecule has 0 aromatic heterocycles. The fourth-order valence-electron chi connectivity index (χ4n) is 1.91. The van der Waals surface area contributed by atoms with Gasteiger partial charge < -0.3 is 5.73 Å². The Bertz CT molecular complexity index is 432. The van der Waals surface area contributed by atoms with Crippen LogP contribution in [0.25, 0.3) is 0 Å². The summed E-state index contributed by atoms with van der Waals surface area (Å²) in [6.45, 7) is 12.1. The van der Waals surface area contributed by atoms with Gasteiger partial charge in [-0.3, -0.25) is 9.59 Å². The molecule has 1 atom stereocenters. The Morgan fingerprint density at radius 2 is 1.68 bits per heavy atom. The van der Waals surface area contributed by atoms with Gasteiger partial charge in [0.2, 0.25) is 0 Å². The van der Waals surface area contributed by atoms with E-state index in [9.17, 15) is 9.59 Å². The Labute approximate surface area is 134 Å². The fourth-order valence-corrected chi connectivity index (χ4v) is 1.91. The van der Waals surface area contributed by atoms with E-state index >= 15 is 0 Å². The summed E-state index contributed by atoms with van der Waals surface area (Å²) in [5.74, 6) is -0.561. The lowest BCUT2D eigenvalue weighted by atomic mass is 10.2. The zero-order valence-electron chi connectivity index (χ0n) is 14.4. The van der Waals surface area contributed by atoms with E-state index in [1.54, 1.807) is 13.8 Å². The van der Waals surface area contributed by atoms with Crippen molar-refractivity contribution in [2.45, 2.75) is 53.4 Å². The van der Waals surface area contributed by atoms with Gasteiger partial charge in [0, 0.05) is 23.8 Å². The smallest absolute Gasteiger partial charge is 0.295 e. The van der Waals surface area contributed by atoms with Crippen LogP contribution in [-0.4, -0.2) is 29.6 Å². The Morgan fingerprint density at radius 3 is 2.14 bits per heavy atom. The van der Waals surface area contributed by atoms with Crippen molar-refractivity contribution in [1.29, 1.82) is 0 Å². The molecule has 0 aliphatic rings. The highest BCUT2D eigenvalue weighted by Gasteiger charge is 2.31. The van der Waals surface area contributed by atoms with Crippen molar-refractivity contribution in [3.8, 4) is 0 Å². The highest BCUT2D eigenvalue weighted by Crippen LogP contribution is 2.07. The molecule has 0 radical (unpaired) electrons. The Morgan fingerprint density at radius 1 is 1.09 bits per heavy atom. The van der Waals surface area contributed by atoms with Gasteiger partial charge in [0.25, 0.3) is 11.8 Å². The molecular weight excluding hydrogens is 280 g/mol. The number of hydrogen-bond acceptors (Lipinski definition) is 3. The van der Waals surface area contributed by atoms with Gasteiger partial charge in [-0.2, -0.15) is 10.9 Å². The molecule has 6 heteroatoms. The molecule has 4 N–H and O–H groups in total. The number of nitrogens with two attached hydrogens (primary N) is 1. The minimum absolute atomic E-state index is 0.000574. The van der Waals surface area contributed by atoms with Gasteiger partial charge in [0.05, 0.1) is 0 Å². The number of nitrogens with zero attached hydrogens (tertiary/aromatic N) is 1. The van der Waals surface area contributed by atoms with E-state index in [1.165, 1.54) is 6.20 Å². The normalized spacial score (nSPS) is 14.1. The zero-order chi connectivity index (χ0) is 17.2. The molecule has 0 aromatic carbocycles. The fraction of sp³-hybridized carbons (Fsp3) is 0.625. The van der Waals surface area contributed by atoms with Crippen molar-refractivity contribution in [3.05, 3.63) is 23.9 Å². The van der Waals surface area contributed by atoms with Gasteiger partial charge in [0.1, 0.15) is 13.1 Å². The van der Waals surface area contributed by atoms with E-state index in [-0.39, 0.29) is 16.5 Å². The van der Waals surface area contributed by atoms with Crippen molar-refractivity contribution in [1.82, 2.24) is 10.9 Å². The first-order valence-corrected chi connectivity index (χ1v) is 7.88. The second kappa shape index (κ2) is 10.00. The van der Waals surface area contributed by atoms with Crippen LogP contribution in [0.5, 0.6) is 0 Å². The molecule has 1 unspecified atom stereocenters. The lowest BCUT2D eigenvalue weighted by Gasteiger charge is -2.35. The van der Waals surface area contributed by atoms with Gasteiger partial charge in [-0.15, -0.1) is 4.70 Å². The minimum atomic E-state index is -0.290. The van der Waals surface area contributed by atoms with Crippen LogP contribution in [-0.2, 0) is 9.59 Å². The first-order chi connectivity index (χ1) is 10.3. The number of amides is 2. The summed E-state index contributed by atoms with van der Waals surface area (Å²) in [5.41, 5.74) is 11.9. The van der Waals surface area contributed by atoms with Crippen LogP contribution >= 0.6 is 0 Å². The first-order valence-electron chi connectivity index (χ1n) is 7.88. The average molecular weight is 311 g/mol. The highest BCUT2D eigenvalue weighted by atomic mass is 16.2. The van der Waals surface area contributed by atoms with Gasteiger partial charge in [-0.1, -0.05) is 26.3 Å². The monoisotopic (exact) mass is 311 g/mol. The summed E-state index contributed by atoms with van der Waals surface area (Å²) in [7, 11) is 0. The van der Waals surface area contributed by atoms with Crippen molar-refractivity contribution in [2.75, 3.05) is 13.1 Å². The van der Waals surface area contributed by atoms with E-state index in [4.69, 9.17) is 5.73 Å². The minimum Gasteiger partial charge on any atom is -0.404 e. The predicted molar refractivity (Wildman–Crippen MR) is 88.9 cm³/mol. The van der Waals surface area contributed by atoms with E-state index < -0.39 is 0 Å². The van der Waals surface area contributed by atoms with Crippen LogP contribution in [0.1, 0.15) is 53.4 Å². The van der Waals surface area contributed by atoms with Crippen LogP contribution in [0.3, 0.4) is 0 Å². The van der Waals surface area contributed by atoms with Gasteiger partial charge in [-0.05, 0) is 27.2 Å². The molecule has 2 amide bonds. The molecule has 0 heterocycles. The van der Waals surface area contributed by atoms with Crippen LogP contribution in [0, 0.1) is 0 Å². The number of quaternary nitrogens is 1. The second-order valence-electron chi connectivity index (χ2n) is 5.58. The van der Waals surface area contributed by atoms with Crippen molar-refractivity contribution in [2.24, 2.45) is 5.73 Å². The maximum Gasteiger partial charge on any atom is 0.295 e. The Balaban J connectivity index is 5.09. The molecule has 0 bridgehead atoms. The van der Waals surface area contributed by atoms with Gasteiger partial charge in [0.15, 0.2) is 0 Å². The van der Waals surface area contributed by atoms with Gasteiger partial charge >= 0.3 is 0 Å². The summed E-state index contributed by atoms with van der Waals surface area (Å²) in [6.07, 6.45) is 5.49. The molecule has 6 nitrogen and oxygen atoms in total. The molecule has 0 spiro atoms. The molecule has 0 saturated carbocycles. The summed E-state index contributed by atoms with van der Waals surface area (Å²) >= 11 is 0. The van der Waals surface area contributed by atoms with Crippen LogP contribution < -0.4 is 16.6 Å². The van der Waals surface area contributed by atoms with E-state index in [1.807, 2.05) is 6.92 Å². The molecule has 0 aliphatic heterocycles. The highest BCUT2D eigenvalue weighted by molar-refractivity contribution is 5.92. The van der Waals surface area contributed by atoms with E-state index in [0.717, 1.165) is 25.7 Å². The molecular formula is C16H31N4O2+. The lowest BCUT2D eigenvalue weighted by molar-refractivity contribution is -0.991. The number of carbonyl (C=O) groups excluding carboxylic acids is 2. The summed E-state index contributed by atoms with van der Waals surface area (Å²) in [6, 6.07) is 0. The molecule has 126 valence electrons. The lowest BCUT2D eigenvalue weighted by Crippen LogP contribution is -2.69. The maximum atomic E-state index is 12.1. The number of carbonyl (C=O) groups is 2. The van der Waals surface area contributed by atoms with Crippen LogP contribution in [0.4, 0.5) is 0 Å².